The topological polar surface area (TPSA) is 161 Å². The Bertz CT molecular complexity index is 70.1. The van der Waals surface area contributed by atoms with Crippen molar-refractivity contribution in [2.24, 2.45) is 0 Å². The molecule has 0 aromatic heterocycles. The maximum Gasteiger partial charge on any atom is 4.00 e. The van der Waals surface area contributed by atoms with Crippen LogP contribution in [0.3, 0.4) is 0 Å². The SMILES string of the molecule is O=P[O-].O=P[O-].O=P[O-].O=P[O-].[Pb+4]. The molecule has 72 valence electrons. The zero-order valence-electron chi connectivity index (χ0n) is 5.55. The van der Waals surface area contributed by atoms with E-state index >= 15 is 0 Å². The molecule has 0 unspecified atom stereocenters. The van der Waals surface area contributed by atoms with E-state index in [1.54, 1.807) is 0 Å². The van der Waals surface area contributed by atoms with E-state index in [2.05, 4.69) is 0 Å². The summed E-state index contributed by atoms with van der Waals surface area (Å²) in [6.07, 6.45) is 0. The summed E-state index contributed by atoms with van der Waals surface area (Å²) in [4.78, 5) is 33.4. The Kier molecular flexibility index (Phi) is 164. The van der Waals surface area contributed by atoms with Crippen LogP contribution < -0.4 is 19.6 Å². The predicted molar refractivity (Wildman–Crippen MR) is 36.2 cm³/mol. The molecule has 0 saturated heterocycles. The van der Waals surface area contributed by atoms with E-state index in [1.807, 2.05) is 0 Å². The molecule has 8 nitrogen and oxygen atoms in total. The average Bonchev–Trinajstić information content (AvgIpc) is 1.92. The van der Waals surface area contributed by atoms with Gasteiger partial charge in [0.2, 0.25) is 0 Å². The molecule has 13 heavy (non-hydrogen) atoms. The van der Waals surface area contributed by atoms with E-state index in [9.17, 15) is 0 Å². The molecule has 13 heteroatoms. The minimum absolute atomic E-state index is 0. The first-order chi connectivity index (χ1) is 5.66. The maximum absolute atomic E-state index is 8.35. The van der Waals surface area contributed by atoms with Crippen molar-refractivity contribution in [2.45, 2.75) is 0 Å². The molecule has 0 spiro atoms. The van der Waals surface area contributed by atoms with Crippen LogP contribution in [0.2, 0.25) is 0 Å². The maximum atomic E-state index is 8.35. The van der Waals surface area contributed by atoms with Gasteiger partial charge in [0.15, 0.2) is 0 Å². The van der Waals surface area contributed by atoms with Gasteiger partial charge in [-0.3, -0.25) is 18.3 Å². The fourth-order valence-electron chi connectivity index (χ4n) is 0. The summed E-state index contributed by atoms with van der Waals surface area (Å²) in [5.41, 5.74) is 0. The van der Waals surface area contributed by atoms with Crippen molar-refractivity contribution in [1.29, 1.82) is 0 Å². The van der Waals surface area contributed by atoms with Gasteiger partial charge in [-0.25, -0.2) is 0 Å². The summed E-state index contributed by atoms with van der Waals surface area (Å²) < 4.78 is 33.4. The van der Waals surface area contributed by atoms with Crippen LogP contribution in [0.25, 0.3) is 0 Å². The van der Waals surface area contributed by atoms with Crippen molar-refractivity contribution >= 4 is 62.0 Å². The third-order valence-corrected chi connectivity index (χ3v) is 0. The van der Waals surface area contributed by atoms with Gasteiger partial charge in [-0.15, -0.1) is 0 Å². The fourth-order valence-corrected chi connectivity index (χ4v) is 0. The van der Waals surface area contributed by atoms with E-state index in [-0.39, 0.29) is 27.3 Å². The zero-order valence-corrected chi connectivity index (χ0v) is 13.0. The summed E-state index contributed by atoms with van der Waals surface area (Å²) in [7, 11) is -4.33. The normalized spacial score (nSPS) is 6.46. The first kappa shape index (κ1) is 29.2. The van der Waals surface area contributed by atoms with E-state index in [0.717, 1.165) is 0 Å². The van der Waals surface area contributed by atoms with Crippen molar-refractivity contribution in [1.82, 2.24) is 0 Å². The summed E-state index contributed by atoms with van der Waals surface area (Å²) >= 11 is 0. The first-order valence-corrected chi connectivity index (χ1v) is 4.38. The molecular weight excluding hydrogens is 459 g/mol. The molecule has 0 aliphatic heterocycles. The standard InChI is InChI=1S/4HO2P.Pb/c4*1-3-2;/h4*(H,1,2);/q;;;;+4/p-4. The zero-order chi connectivity index (χ0) is 10.8. The quantitative estimate of drug-likeness (QED) is 0.292. The number of hydrogen-bond donors (Lipinski definition) is 0. The Morgan fingerprint density at radius 1 is 0.538 bits per heavy atom. The molecular formula is O8P4Pb. The second kappa shape index (κ2) is 73.1. The van der Waals surface area contributed by atoms with Gasteiger partial charge < -0.3 is 19.6 Å². The molecule has 0 amide bonds. The third-order valence-electron chi connectivity index (χ3n) is 0. The van der Waals surface area contributed by atoms with Crippen molar-refractivity contribution in [2.75, 3.05) is 0 Å². The van der Waals surface area contributed by atoms with Crippen LogP contribution in [0, 0.1) is 0 Å². The van der Waals surface area contributed by atoms with Gasteiger partial charge in [0.05, 0.1) is 34.7 Å². The van der Waals surface area contributed by atoms with Gasteiger partial charge in [-0.05, 0) is 0 Å². The van der Waals surface area contributed by atoms with Crippen LogP contribution in [0.15, 0.2) is 0 Å². The summed E-state index contributed by atoms with van der Waals surface area (Å²) in [5, 5.41) is 0. The average molecular weight is 459 g/mol. The molecule has 0 fully saturated rings. The second-order valence-electron chi connectivity index (χ2n) is 0.298. The fraction of sp³-hybridized carbons (Fsp3) is 0. The number of hydrogen-bond acceptors (Lipinski definition) is 8. The second-order valence-corrected chi connectivity index (χ2v) is 0.894. The molecule has 0 aliphatic rings. The summed E-state index contributed by atoms with van der Waals surface area (Å²) in [6.45, 7) is 0. The van der Waals surface area contributed by atoms with Crippen molar-refractivity contribution in [3.8, 4) is 0 Å². The van der Waals surface area contributed by atoms with Gasteiger partial charge in [0.25, 0.3) is 0 Å². The van der Waals surface area contributed by atoms with Crippen LogP contribution in [0.4, 0.5) is 0 Å². The third kappa shape index (κ3) is 1210. The van der Waals surface area contributed by atoms with Crippen LogP contribution in [-0.2, 0) is 18.3 Å². The Morgan fingerprint density at radius 3 is 0.538 bits per heavy atom. The van der Waals surface area contributed by atoms with E-state index in [0.29, 0.717) is 0 Å². The minimum Gasteiger partial charge on any atom is -0.772 e. The Labute approximate surface area is 99.7 Å². The van der Waals surface area contributed by atoms with Gasteiger partial charge in [0, 0.05) is 0 Å². The molecule has 0 rings (SSSR count). The van der Waals surface area contributed by atoms with Gasteiger partial charge >= 0.3 is 27.3 Å². The molecule has 0 bridgehead atoms. The smallest absolute Gasteiger partial charge is 0.772 e. The largest absolute Gasteiger partial charge is 4.00 e. The van der Waals surface area contributed by atoms with Crippen LogP contribution >= 0.6 is 34.7 Å². The summed E-state index contributed by atoms with van der Waals surface area (Å²) in [6, 6.07) is 0. The van der Waals surface area contributed by atoms with Crippen LogP contribution in [0.1, 0.15) is 0 Å². The van der Waals surface area contributed by atoms with Crippen molar-refractivity contribution in [3.05, 3.63) is 0 Å². The molecule has 0 heterocycles. The van der Waals surface area contributed by atoms with Crippen molar-refractivity contribution < 1.29 is 37.8 Å². The van der Waals surface area contributed by atoms with Crippen LogP contribution in [-0.4, -0.2) is 27.3 Å². The van der Waals surface area contributed by atoms with Gasteiger partial charge in [-0.1, -0.05) is 0 Å². The van der Waals surface area contributed by atoms with Crippen LogP contribution in [0.5, 0.6) is 0 Å². The van der Waals surface area contributed by atoms with E-state index in [1.165, 1.54) is 0 Å². The molecule has 0 atom stereocenters. The number of rotatable bonds is 0. The summed E-state index contributed by atoms with van der Waals surface area (Å²) in [5.74, 6) is 0. The predicted octanol–water partition coefficient (Wildman–Crippen LogP) is -2.17. The molecule has 0 radical (unpaired) electrons. The molecule has 0 aliphatic carbocycles. The van der Waals surface area contributed by atoms with Gasteiger partial charge in [0.1, 0.15) is 0 Å². The Balaban J connectivity index is -0.0000000213. The molecule has 0 aromatic carbocycles. The van der Waals surface area contributed by atoms with Crippen molar-refractivity contribution in [3.63, 3.8) is 0 Å². The van der Waals surface area contributed by atoms with E-state index in [4.69, 9.17) is 37.8 Å². The Hall–Kier alpha value is 1.16. The molecule has 0 saturated carbocycles. The van der Waals surface area contributed by atoms with Gasteiger partial charge in [-0.2, -0.15) is 0 Å². The minimum atomic E-state index is -1.08. The monoisotopic (exact) mass is 460 g/mol. The molecule has 0 N–H and O–H groups in total. The Morgan fingerprint density at radius 2 is 0.538 bits per heavy atom. The first-order valence-electron chi connectivity index (χ1n) is 1.46. The van der Waals surface area contributed by atoms with E-state index < -0.39 is 34.7 Å². The molecule has 0 aromatic rings.